The molecule has 0 radical (unpaired) electrons. The van der Waals surface area contributed by atoms with Crippen LogP contribution in [0.2, 0.25) is 5.02 Å². The molecule has 0 aromatic heterocycles. The van der Waals surface area contributed by atoms with E-state index in [0.717, 1.165) is 16.8 Å². The molecule has 0 aliphatic rings. The molecule has 0 bridgehead atoms. The van der Waals surface area contributed by atoms with E-state index in [0.29, 0.717) is 15.6 Å². The second-order valence-corrected chi connectivity index (χ2v) is 8.97. The molecule has 0 saturated carbocycles. The van der Waals surface area contributed by atoms with Gasteiger partial charge in [0.2, 0.25) is 0 Å². The number of nitriles is 1. The number of benzene rings is 4. The van der Waals surface area contributed by atoms with Crippen LogP contribution in [0.3, 0.4) is 0 Å². The Labute approximate surface area is 224 Å². The maximum Gasteiger partial charge on any atom is 0.344 e. The molecule has 4 aromatic carbocycles. The summed E-state index contributed by atoms with van der Waals surface area (Å²) >= 11 is 9.39. The molecule has 0 spiro atoms. The molecule has 0 fully saturated rings. The molecule has 1 N–H and O–H groups in total. The molecule has 37 heavy (non-hydrogen) atoms. The molecule has 4 aromatic rings. The Morgan fingerprint density at radius 1 is 1.05 bits per heavy atom. The molecule has 0 saturated heterocycles. The van der Waals surface area contributed by atoms with Crippen molar-refractivity contribution < 1.29 is 19.2 Å². The first-order valence-corrected chi connectivity index (χ1v) is 11.8. The van der Waals surface area contributed by atoms with E-state index < -0.39 is 16.8 Å². The number of nitro benzene ring substituents is 1. The molecule has 1 amide bonds. The summed E-state index contributed by atoms with van der Waals surface area (Å²) in [4.78, 5) is 36.1. The van der Waals surface area contributed by atoms with E-state index in [2.05, 4.69) is 21.2 Å². The largest absolute Gasteiger partial charge is 0.422 e. The zero-order valence-corrected chi connectivity index (χ0v) is 21.1. The van der Waals surface area contributed by atoms with Crippen molar-refractivity contribution in [3.63, 3.8) is 0 Å². The van der Waals surface area contributed by atoms with E-state index in [9.17, 15) is 25.0 Å². The number of carbonyl (C=O) groups is 2. The van der Waals surface area contributed by atoms with E-state index in [1.165, 1.54) is 18.2 Å². The van der Waals surface area contributed by atoms with Crippen LogP contribution >= 0.6 is 27.5 Å². The first-order chi connectivity index (χ1) is 17.8. The summed E-state index contributed by atoms with van der Waals surface area (Å²) in [5.74, 6) is -1.27. The molecule has 0 atom stereocenters. The second-order valence-electron chi connectivity index (χ2n) is 7.64. The van der Waals surface area contributed by atoms with Crippen molar-refractivity contribution in [1.29, 1.82) is 5.26 Å². The average molecular weight is 577 g/mol. The first-order valence-electron chi connectivity index (χ1n) is 10.6. The quantitative estimate of drug-likeness (QED) is 0.0663. The summed E-state index contributed by atoms with van der Waals surface area (Å²) in [5, 5.41) is 24.5. The number of halogens is 2. The minimum atomic E-state index is -0.801. The highest BCUT2D eigenvalue weighted by Crippen LogP contribution is 2.29. The number of hydrogen-bond acceptors (Lipinski definition) is 6. The van der Waals surface area contributed by atoms with Crippen LogP contribution in [0.4, 0.5) is 11.4 Å². The molecule has 0 heterocycles. The number of esters is 1. The molecule has 182 valence electrons. The number of anilines is 1. The molecule has 0 aliphatic heterocycles. The minimum absolute atomic E-state index is 0.0630. The van der Waals surface area contributed by atoms with E-state index in [1.54, 1.807) is 30.3 Å². The molecular formula is C27H15BrClN3O5. The van der Waals surface area contributed by atoms with Crippen molar-refractivity contribution in [2.24, 2.45) is 0 Å². The number of hydrogen-bond donors (Lipinski definition) is 1. The van der Waals surface area contributed by atoms with Crippen LogP contribution in [0.5, 0.6) is 5.75 Å². The van der Waals surface area contributed by atoms with Crippen LogP contribution < -0.4 is 10.1 Å². The topological polar surface area (TPSA) is 122 Å². The molecule has 0 aliphatic carbocycles. The lowest BCUT2D eigenvalue weighted by Crippen LogP contribution is -2.14. The summed E-state index contributed by atoms with van der Waals surface area (Å²) in [6.07, 6.45) is 1.27. The Kier molecular flexibility index (Phi) is 7.63. The van der Waals surface area contributed by atoms with E-state index >= 15 is 0 Å². The normalized spacial score (nSPS) is 11.0. The van der Waals surface area contributed by atoms with Crippen molar-refractivity contribution in [1.82, 2.24) is 0 Å². The van der Waals surface area contributed by atoms with Gasteiger partial charge in [0.05, 0.1) is 21.2 Å². The minimum Gasteiger partial charge on any atom is -0.422 e. The predicted octanol–water partition coefficient (Wildman–Crippen LogP) is 6.93. The second kappa shape index (κ2) is 11.0. The van der Waals surface area contributed by atoms with Crippen molar-refractivity contribution in [2.45, 2.75) is 0 Å². The van der Waals surface area contributed by atoms with Crippen molar-refractivity contribution in [3.05, 3.63) is 115 Å². The Morgan fingerprint density at radius 3 is 2.54 bits per heavy atom. The lowest BCUT2D eigenvalue weighted by atomic mass is 10.0. The molecular weight excluding hydrogens is 562 g/mol. The lowest BCUT2D eigenvalue weighted by Gasteiger charge is -2.11. The fourth-order valence-electron chi connectivity index (χ4n) is 3.50. The number of rotatable bonds is 6. The Hall–Kier alpha value is -4.52. The number of carbonyl (C=O) groups excluding carboxylic acids is 2. The van der Waals surface area contributed by atoms with Gasteiger partial charge in [0.15, 0.2) is 0 Å². The standard InChI is InChI=1S/C27H15BrClN3O5/c28-19-8-11-25(37-27(34)22-7-3-5-16-4-1-2-6-21(16)22)17(13-19)12-18(15-30)26(33)31-24-10-9-20(32(35)36)14-23(24)29/h1-14H,(H,31,33)/b18-12+. The van der Waals surface area contributed by atoms with Gasteiger partial charge in [0.1, 0.15) is 17.4 Å². The maximum atomic E-state index is 13.0. The zero-order valence-electron chi connectivity index (χ0n) is 18.8. The van der Waals surface area contributed by atoms with E-state index in [-0.39, 0.29) is 27.7 Å². The molecule has 8 nitrogen and oxygen atoms in total. The molecule has 4 rings (SSSR count). The van der Waals surface area contributed by atoms with Crippen molar-refractivity contribution >= 4 is 67.6 Å². The monoisotopic (exact) mass is 575 g/mol. The highest BCUT2D eigenvalue weighted by Gasteiger charge is 2.18. The number of nitrogens with one attached hydrogen (secondary N) is 1. The smallest absolute Gasteiger partial charge is 0.344 e. The van der Waals surface area contributed by atoms with Crippen molar-refractivity contribution in [3.8, 4) is 11.8 Å². The summed E-state index contributed by atoms with van der Waals surface area (Å²) in [6, 6.07) is 22.8. The SMILES string of the molecule is N#C/C(=C\c1cc(Br)ccc1OC(=O)c1cccc2ccccc12)C(=O)Nc1ccc([N+](=O)[O-])cc1Cl. The van der Waals surface area contributed by atoms with Crippen LogP contribution in [0.25, 0.3) is 16.8 Å². The van der Waals surface area contributed by atoms with Gasteiger partial charge in [-0.15, -0.1) is 0 Å². The van der Waals surface area contributed by atoms with Crippen LogP contribution in [0.1, 0.15) is 15.9 Å². The van der Waals surface area contributed by atoms with Crippen LogP contribution in [-0.2, 0) is 4.79 Å². The summed E-state index contributed by atoms with van der Waals surface area (Å²) in [5.41, 5.74) is 0.197. The van der Waals surface area contributed by atoms with Gasteiger partial charge in [0.25, 0.3) is 11.6 Å². The number of nitrogens with zero attached hydrogens (tertiary/aromatic N) is 2. The van der Waals surface area contributed by atoms with Crippen molar-refractivity contribution in [2.75, 3.05) is 5.32 Å². The van der Waals surface area contributed by atoms with Crippen LogP contribution in [0.15, 0.2) is 88.9 Å². The summed E-state index contributed by atoms with van der Waals surface area (Å²) in [7, 11) is 0. The Bertz CT molecular complexity index is 1640. The first kappa shape index (κ1) is 25.6. The molecule has 10 heteroatoms. The average Bonchev–Trinajstić information content (AvgIpc) is 2.89. The van der Waals surface area contributed by atoms with Crippen LogP contribution in [-0.4, -0.2) is 16.8 Å². The van der Waals surface area contributed by atoms with Gasteiger partial charge in [-0.3, -0.25) is 14.9 Å². The highest BCUT2D eigenvalue weighted by atomic mass is 79.9. The summed E-state index contributed by atoms with van der Waals surface area (Å²) in [6.45, 7) is 0. The number of nitro groups is 1. The van der Waals surface area contributed by atoms with Gasteiger partial charge in [-0.2, -0.15) is 5.26 Å². The number of fused-ring (bicyclic) bond motifs is 1. The third kappa shape index (κ3) is 5.83. The van der Waals surface area contributed by atoms with Gasteiger partial charge in [-0.25, -0.2) is 4.79 Å². The van der Waals surface area contributed by atoms with Crippen LogP contribution in [0, 0.1) is 21.4 Å². The van der Waals surface area contributed by atoms with Gasteiger partial charge in [-0.05, 0) is 47.2 Å². The van der Waals surface area contributed by atoms with Gasteiger partial charge < -0.3 is 10.1 Å². The number of ether oxygens (including phenoxy) is 1. The summed E-state index contributed by atoms with van der Waals surface area (Å²) < 4.78 is 6.29. The molecule has 0 unspecified atom stereocenters. The van der Waals surface area contributed by atoms with Gasteiger partial charge in [-0.1, -0.05) is 63.9 Å². The maximum absolute atomic E-state index is 13.0. The third-order valence-electron chi connectivity index (χ3n) is 5.26. The Balaban J connectivity index is 1.63. The zero-order chi connectivity index (χ0) is 26.5. The van der Waals surface area contributed by atoms with Gasteiger partial charge in [0, 0.05) is 22.2 Å². The lowest BCUT2D eigenvalue weighted by molar-refractivity contribution is -0.384. The predicted molar refractivity (Wildman–Crippen MR) is 143 cm³/mol. The fraction of sp³-hybridized carbons (Fsp3) is 0. The fourth-order valence-corrected chi connectivity index (χ4v) is 4.10. The third-order valence-corrected chi connectivity index (χ3v) is 6.07. The Morgan fingerprint density at radius 2 is 1.81 bits per heavy atom. The highest BCUT2D eigenvalue weighted by molar-refractivity contribution is 9.10. The van der Waals surface area contributed by atoms with E-state index in [1.807, 2.05) is 36.4 Å². The number of non-ortho nitro benzene ring substituents is 1. The van der Waals surface area contributed by atoms with Gasteiger partial charge >= 0.3 is 5.97 Å². The van der Waals surface area contributed by atoms with E-state index in [4.69, 9.17) is 16.3 Å². The number of amides is 1.